The van der Waals surface area contributed by atoms with Gasteiger partial charge in [-0.1, -0.05) is 34.1 Å². The third-order valence-corrected chi connectivity index (χ3v) is 8.28. The van der Waals surface area contributed by atoms with Gasteiger partial charge in [0.25, 0.3) is 5.91 Å². The summed E-state index contributed by atoms with van der Waals surface area (Å²) in [5.41, 5.74) is 0.279. The molecule has 36 heavy (non-hydrogen) atoms. The summed E-state index contributed by atoms with van der Waals surface area (Å²) in [5, 5.41) is 3.35. The number of nitrogens with zero attached hydrogens (tertiary/aromatic N) is 3. The van der Waals surface area contributed by atoms with Gasteiger partial charge in [0.2, 0.25) is 17.7 Å². The average molecular weight is 553 g/mol. The van der Waals surface area contributed by atoms with E-state index in [9.17, 15) is 19.2 Å². The number of hydrogen-bond donors (Lipinski definition) is 1. The second-order valence-electron chi connectivity index (χ2n) is 9.63. The van der Waals surface area contributed by atoms with E-state index in [4.69, 9.17) is 4.74 Å². The van der Waals surface area contributed by atoms with Crippen LogP contribution in [0.4, 0.5) is 11.4 Å². The maximum Gasteiger partial charge on any atom is 0.253 e. The summed E-state index contributed by atoms with van der Waals surface area (Å²) in [6.07, 6.45) is 0. The van der Waals surface area contributed by atoms with Crippen LogP contribution in [0.2, 0.25) is 0 Å². The fraction of sp³-hybridized carbons (Fsp3) is 0.385. The van der Waals surface area contributed by atoms with Gasteiger partial charge < -0.3 is 14.5 Å². The van der Waals surface area contributed by atoms with Crippen LogP contribution in [0.25, 0.3) is 0 Å². The summed E-state index contributed by atoms with van der Waals surface area (Å²) < 4.78 is 6.18. The first-order chi connectivity index (χ1) is 17.3. The smallest absolute Gasteiger partial charge is 0.253 e. The fourth-order valence-electron chi connectivity index (χ4n) is 6.16. The molecule has 0 saturated carbocycles. The van der Waals surface area contributed by atoms with Crippen molar-refractivity contribution in [2.24, 2.45) is 11.8 Å². The normalized spacial score (nSPS) is 29.3. The Labute approximate surface area is 216 Å². The minimum atomic E-state index is -1.41. The molecule has 4 amide bonds. The summed E-state index contributed by atoms with van der Waals surface area (Å²) in [7, 11) is 0. The Balaban J connectivity index is 1.40. The zero-order valence-electron chi connectivity index (χ0n) is 19.6. The van der Waals surface area contributed by atoms with Gasteiger partial charge in [0.05, 0.1) is 30.7 Å². The number of nitrogens with one attached hydrogen (secondary N) is 1. The first-order valence-electron chi connectivity index (χ1n) is 12.0. The molecule has 2 aromatic carbocycles. The highest BCUT2D eigenvalue weighted by molar-refractivity contribution is 9.10. The molecule has 1 N–H and O–H groups in total. The predicted octanol–water partition coefficient (Wildman–Crippen LogP) is 1.65. The van der Waals surface area contributed by atoms with Crippen molar-refractivity contribution >= 4 is 50.9 Å². The Bertz CT molecular complexity index is 1280. The van der Waals surface area contributed by atoms with Gasteiger partial charge in [-0.05, 0) is 37.3 Å². The Kier molecular flexibility index (Phi) is 5.51. The van der Waals surface area contributed by atoms with Gasteiger partial charge in [0.15, 0.2) is 0 Å². The molecule has 0 bridgehead atoms. The number of rotatable bonds is 3. The summed E-state index contributed by atoms with van der Waals surface area (Å²) in [6, 6.07) is 13.8. The third kappa shape index (κ3) is 3.21. The highest BCUT2D eigenvalue weighted by Gasteiger charge is 2.71. The minimum Gasteiger partial charge on any atom is -0.378 e. The molecule has 186 valence electrons. The number of halogens is 1. The van der Waals surface area contributed by atoms with E-state index in [1.807, 2.05) is 25.1 Å². The Morgan fingerprint density at radius 3 is 2.47 bits per heavy atom. The van der Waals surface area contributed by atoms with Crippen LogP contribution >= 0.6 is 15.9 Å². The van der Waals surface area contributed by atoms with E-state index in [1.165, 1.54) is 9.80 Å². The van der Waals surface area contributed by atoms with Crippen molar-refractivity contribution in [2.75, 3.05) is 42.6 Å². The highest BCUT2D eigenvalue weighted by Crippen LogP contribution is 2.55. The number of anilines is 2. The Hall–Kier alpha value is -3.08. The number of hydrogen-bond acceptors (Lipinski definition) is 6. The largest absolute Gasteiger partial charge is 0.378 e. The lowest BCUT2D eigenvalue weighted by Gasteiger charge is -2.31. The molecule has 4 aliphatic heterocycles. The van der Waals surface area contributed by atoms with Gasteiger partial charge in [0, 0.05) is 34.9 Å². The van der Waals surface area contributed by atoms with Crippen LogP contribution < -0.4 is 15.1 Å². The number of carbonyl (C=O) groups excluding carboxylic acids is 4. The van der Waals surface area contributed by atoms with E-state index in [0.717, 1.165) is 4.47 Å². The second-order valence-corrected chi connectivity index (χ2v) is 10.6. The van der Waals surface area contributed by atoms with Crippen LogP contribution in [0, 0.1) is 11.8 Å². The molecule has 9 nitrogen and oxygen atoms in total. The number of benzene rings is 2. The molecule has 0 unspecified atom stereocenters. The minimum absolute atomic E-state index is 0.135. The number of imide groups is 1. The average Bonchev–Trinajstić information content (AvgIpc) is 3.43. The maximum atomic E-state index is 14.2. The summed E-state index contributed by atoms with van der Waals surface area (Å²) >= 11 is 3.39. The van der Waals surface area contributed by atoms with Crippen LogP contribution in [-0.2, 0) is 29.5 Å². The van der Waals surface area contributed by atoms with Gasteiger partial charge >= 0.3 is 0 Å². The zero-order chi connectivity index (χ0) is 25.2. The van der Waals surface area contributed by atoms with Crippen molar-refractivity contribution in [1.29, 1.82) is 0 Å². The number of amides is 4. The number of carbonyl (C=O) groups is 4. The van der Waals surface area contributed by atoms with E-state index >= 15 is 0 Å². The fourth-order valence-corrected chi connectivity index (χ4v) is 6.42. The highest BCUT2D eigenvalue weighted by atomic mass is 79.9. The van der Waals surface area contributed by atoms with E-state index in [-0.39, 0.29) is 24.3 Å². The van der Waals surface area contributed by atoms with E-state index in [0.29, 0.717) is 43.2 Å². The molecular formula is C26H25BrN4O5. The summed E-state index contributed by atoms with van der Waals surface area (Å²) in [4.78, 5) is 59.2. The van der Waals surface area contributed by atoms with Gasteiger partial charge in [0.1, 0.15) is 12.1 Å². The van der Waals surface area contributed by atoms with E-state index < -0.39 is 29.3 Å². The summed E-state index contributed by atoms with van der Waals surface area (Å²) in [5.74, 6) is -2.89. The molecule has 6 rings (SSSR count). The molecule has 3 saturated heterocycles. The first-order valence-corrected chi connectivity index (χ1v) is 12.8. The Morgan fingerprint density at radius 1 is 1.06 bits per heavy atom. The van der Waals surface area contributed by atoms with E-state index in [2.05, 4.69) is 21.2 Å². The van der Waals surface area contributed by atoms with Crippen LogP contribution in [0.5, 0.6) is 0 Å². The standard InChI is InChI=1S/C26H25BrN4O5/c1-15-21-22(24(34)31(23(21)33)17-8-6-16(27)7-9-17)26(28-15)18-4-2-3-5-19(18)30(25(26)35)14-20(32)29-10-12-36-13-11-29/h2-9,15,21-22,28H,10-14H2,1H3/t15-,21+,22-,26-/m0/s1. The SMILES string of the molecule is C[C@@H]1N[C@]2(C(=O)N(CC(=O)N3CCOCC3)c3ccccc32)[C@@H]2C(=O)N(c3ccc(Br)cc3)C(=O)[C@H]12. The van der Waals surface area contributed by atoms with Crippen molar-refractivity contribution in [1.82, 2.24) is 10.2 Å². The second kappa shape index (κ2) is 8.50. The number of para-hydroxylation sites is 1. The molecule has 0 aliphatic carbocycles. The lowest BCUT2D eigenvalue weighted by molar-refractivity contribution is -0.136. The van der Waals surface area contributed by atoms with Crippen molar-refractivity contribution < 1.29 is 23.9 Å². The molecule has 1 spiro atoms. The summed E-state index contributed by atoms with van der Waals surface area (Å²) in [6.45, 7) is 3.58. The quantitative estimate of drug-likeness (QED) is 0.581. The molecule has 4 heterocycles. The molecule has 4 atom stereocenters. The Morgan fingerprint density at radius 2 is 1.75 bits per heavy atom. The van der Waals surface area contributed by atoms with Crippen LogP contribution in [-0.4, -0.2) is 67.4 Å². The maximum absolute atomic E-state index is 14.2. The molecular weight excluding hydrogens is 528 g/mol. The van der Waals surface area contributed by atoms with Gasteiger partial charge in [-0.15, -0.1) is 0 Å². The monoisotopic (exact) mass is 552 g/mol. The van der Waals surface area contributed by atoms with Crippen LogP contribution in [0.15, 0.2) is 53.0 Å². The van der Waals surface area contributed by atoms with Gasteiger partial charge in [-0.25, -0.2) is 4.90 Å². The number of fused-ring (bicyclic) bond motifs is 4. The third-order valence-electron chi connectivity index (χ3n) is 7.76. The molecule has 10 heteroatoms. The topological polar surface area (TPSA) is 99.3 Å². The van der Waals surface area contributed by atoms with Crippen molar-refractivity contribution in [3.63, 3.8) is 0 Å². The van der Waals surface area contributed by atoms with Crippen molar-refractivity contribution in [2.45, 2.75) is 18.5 Å². The molecule has 3 fully saturated rings. The predicted molar refractivity (Wildman–Crippen MR) is 134 cm³/mol. The lowest BCUT2D eigenvalue weighted by atomic mass is 9.76. The van der Waals surface area contributed by atoms with Crippen LogP contribution in [0.1, 0.15) is 12.5 Å². The van der Waals surface area contributed by atoms with Gasteiger partial charge in [-0.3, -0.25) is 24.5 Å². The lowest BCUT2D eigenvalue weighted by Crippen LogP contribution is -2.56. The molecule has 4 aliphatic rings. The number of ether oxygens (including phenoxy) is 1. The zero-order valence-corrected chi connectivity index (χ0v) is 21.2. The number of morpholine rings is 1. The van der Waals surface area contributed by atoms with E-state index in [1.54, 1.807) is 35.2 Å². The van der Waals surface area contributed by atoms with Crippen LogP contribution in [0.3, 0.4) is 0 Å². The molecule has 0 aromatic heterocycles. The van der Waals surface area contributed by atoms with Crippen molar-refractivity contribution in [3.8, 4) is 0 Å². The molecule has 2 aromatic rings. The van der Waals surface area contributed by atoms with Gasteiger partial charge in [-0.2, -0.15) is 0 Å². The first kappa shape index (κ1) is 23.3. The molecule has 0 radical (unpaired) electrons. The van der Waals surface area contributed by atoms with Crippen molar-refractivity contribution in [3.05, 3.63) is 58.6 Å².